The van der Waals surface area contributed by atoms with Crippen LogP contribution in [-0.2, 0) is 26.1 Å². The summed E-state index contributed by atoms with van der Waals surface area (Å²) in [7, 11) is -0.633. The second kappa shape index (κ2) is 9.84. The number of rotatable bonds is 6. The Morgan fingerprint density at radius 2 is 1.68 bits per heavy atom. The van der Waals surface area contributed by atoms with Crippen molar-refractivity contribution < 1.29 is 23.9 Å². The summed E-state index contributed by atoms with van der Waals surface area (Å²) >= 11 is 0. The van der Waals surface area contributed by atoms with Gasteiger partial charge in [-0.1, -0.05) is 63.2 Å². The van der Waals surface area contributed by atoms with Crippen LogP contribution in [0.3, 0.4) is 0 Å². The molecule has 0 aliphatic carbocycles. The summed E-state index contributed by atoms with van der Waals surface area (Å²) in [6.07, 6.45) is 1.42. The third-order valence-electron chi connectivity index (χ3n) is 6.39. The topological polar surface area (TPSA) is 77.0 Å². The van der Waals surface area contributed by atoms with Crippen molar-refractivity contribution in [2.75, 3.05) is 6.54 Å². The number of benzene rings is 2. The van der Waals surface area contributed by atoms with E-state index >= 15 is 0 Å². The van der Waals surface area contributed by atoms with Gasteiger partial charge in [-0.15, -0.1) is 0 Å². The van der Waals surface area contributed by atoms with E-state index in [-0.39, 0.29) is 24.3 Å². The van der Waals surface area contributed by atoms with Crippen LogP contribution in [0.5, 0.6) is 5.75 Å². The molecule has 3 rings (SSSR count). The highest BCUT2D eigenvalue weighted by molar-refractivity contribution is 6.56. The van der Waals surface area contributed by atoms with Gasteiger partial charge in [0.25, 0.3) is 0 Å². The zero-order valence-corrected chi connectivity index (χ0v) is 21.3. The highest BCUT2D eigenvalue weighted by Gasteiger charge is 2.52. The molecule has 1 saturated heterocycles. The average molecular weight is 465 g/mol. The Labute approximate surface area is 203 Å². The number of carbonyl (C=O) groups is 1. The fourth-order valence-corrected chi connectivity index (χ4v) is 3.60. The van der Waals surface area contributed by atoms with E-state index in [4.69, 9.17) is 14.0 Å². The predicted octanol–water partition coefficient (Wildman–Crippen LogP) is 5.63. The van der Waals surface area contributed by atoms with E-state index in [1.807, 2.05) is 76.2 Å². The Morgan fingerprint density at radius 3 is 2.26 bits per heavy atom. The number of phenols is 1. The Morgan fingerprint density at radius 1 is 1.06 bits per heavy atom. The van der Waals surface area contributed by atoms with Crippen LogP contribution in [0.15, 0.2) is 54.0 Å². The first-order chi connectivity index (χ1) is 15.8. The average Bonchev–Trinajstić information content (AvgIpc) is 2.97. The van der Waals surface area contributed by atoms with Crippen molar-refractivity contribution in [2.24, 2.45) is 0 Å². The first-order valence-electron chi connectivity index (χ1n) is 11.6. The zero-order valence-electron chi connectivity index (χ0n) is 21.3. The molecular weight excluding hydrogens is 429 g/mol. The molecule has 0 saturated carbocycles. The quantitative estimate of drug-likeness (QED) is 0.541. The molecule has 2 aromatic carbocycles. The molecule has 1 heterocycles. The minimum Gasteiger partial charge on any atom is -0.508 e. The van der Waals surface area contributed by atoms with Crippen LogP contribution >= 0.6 is 0 Å². The number of nitrogens with one attached hydrogen (secondary N) is 1. The first kappa shape index (κ1) is 25.9. The van der Waals surface area contributed by atoms with Crippen LogP contribution < -0.4 is 5.32 Å². The predicted molar refractivity (Wildman–Crippen MR) is 135 cm³/mol. The van der Waals surface area contributed by atoms with E-state index in [2.05, 4.69) is 26.1 Å². The maximum atomic E-state index is 12.4. The first-order valence-corrected chi connectivity index (χ1v) is 11.6. The second-order valence-corrected chi connectivity index (χ2v) is 10.7. The minimum absolute atomic E-state index is 0.190. The normalized spacial score (nSPS) is 17.5. The number of amides is 1. The minimum atomic E-state index is -0.633. The summed E-state index contributed by atoms with van der Waals surface area (Å²) in [5.41, 5.74) is 2.13. The lowest BCUT2D eigenvalue weighted by atomic mass is 9.76. The van der Waals surface area contributed by atoms with Gasteiger partial charge in [0.2, 0.25) is 0 Å². The maximum absolute atomic E-state index is 12.4. The molecule has 1 fully saturated rings. The Balaban J connectivity index is 1.81. The molecule has 2 N–H and O–H groups in total. The van der Waals surface area contributed by atoms with E-state index in [1.54, 1.807) is 6.07 Å². The third-order valence-corrected chi connectivity index (χ3v) is 6.39. The molecule has 7 heteroatoms. The molecule has 2 aromatic rings. The van der Waals surface area contributed by atoms with Crippen molar-refractivity contribution >= 4 is 19.3 Å². The summed E-state index contributed by atoms with van der Waals surface area (Å²) < 4.78 is 17.9. The smallest absolute Gasteiger partial charge is 0.492 e. The van der Waals surface area contributed by atoms with Crippen LogP contribution in [0.1, 0.15) is 65.2 Å². The van der Waals surface area contributed by atoms with E-state index in [1.165, 1.54) is 0 Å². The van der Waals surface area contributed by atoms with Gasteiger partial charge in [0, 0.05) is 6.54 Å². The van der Waals surface area contributed by atoms with Crippen LogP contribution in [0.4, 0.5) is 4.79 Å². The summed E-state index contributed by atoms with van der Waals surface area (Å²) in [5.74, 6) is 0.254. The number of hydrogen-bond donors (Lipinski definition) is 2. The van der Waals surface area contributed by atoms with Crippen molar-refractivity contribution in [2.45, 2.75) is 71.7 Å². The van der Waals surface area contributed by atoms with Gasteiger partial charge in [-0.3, -0.25) is 0 Å². The molecule has 1 aliphatic rings. The van der Waals surface area contributed by atoms with E-state index in [0.717, 1.165) is 22.2 Å². The van der Waals surface area contributed by atoms with Crippen molar-refractivity contribution in [3.63, 3.8) is 0 Å². The SMILES string of the molecule is CC(C)(C)c1cc(C=C(CNC(=O)OCc2ccccc2)B2OC(C)(C)C(C)(C)O2)ccc1O. The van der Waals surface area contributed by atoms with Gasteiger partial charge in [-0.05, 0) is 67.4 Å². The third kappa shape index (κ3) is 6.22. The molecule has 0 radical (unpaired) electrons. The van der Waals surface area contributed by atoms with Gasteiger partial charge in [0.05, 0.1) is 11.2 Å². The lowest BCUT2D eigenvalue weighted by Crippen LogP contribution is -2.41. The van der Waals surface area contributed by atoms with Crippen molar-refractivity contribution in [3.8, 4) is 5.75 Å². The van der Waals surface area contributed by atoms with E-state index < -0.39 is 24.4 Å². The Bertz CT molecular complexity index is 1020. The van der Waals surface area contributed by atoms with Crippen molar-refractivity contribution in [3.05, 3.63) is 70.7 Å². The molecule has 6 nitrogen and oxygen atoms in total. The second-order valence-electron chi connectivity index (χ2n) is 10.7. The number of alkyl carbamates (subject to hydrolysis) is 1. The van der Waals surface area contributed by atoms with Crippen molar-refractivity contribution in [1.82, 2.24) is 5.32 Å². The fraction of sp³-hybridized carbons (Fsp3) is 0.444. The summed E-state index contributed by atoms with van der Waals surface area (Å²) in [5, 5.41) is 13.2. The molecule has 0 unspecified atom stereocenters. The van der Waals surface area contributed by atoms with Crippen LogP contribution in [0.2, 0.25) is 0 Å². The lowest BCUT2D eigenvalue weighted by molar-refractivity contribution is 0.00578. The standard InChI is InChI=1S/C27H36BNO5/c1-25(2,3)22-16-20(13-14-23(22)30)15-21(28-33-26(4,5)27(6,7)34-28)17-29-24(31)32-18-19-11-9-8-10-12-19/h8-16,30H,17-18H2,1-7H3,(H,29,31). The molecule has 0 bridgehead atoms. The highest BCUT2D eigenvalue weighted by atomic mass is 16.7. The van der Waals surface area contributed by atoms with Gasteiger partial charge in [0.15, 0.2) is 0 Å². The fourth-order valence-electron chi connectivity index (χ4n) is 3.60. The molecular formula is C27H36BNO5. The highest BCUT2D eigenvalue weighted by Crippen LogP contribution is 2.39. The van der Waals surface area contributed by atoms with Gasteiger partial charge in [-0.2, -0.15) is 0 Å². The number of hydrogen-bond acceptors (Lipinski definition) is 5. The van der Waals surface area contributed by atoms with Crippen LogP contribution in [0.25, 0.3) is 6.08 Å². The van der Waals surface area contributed by atoms with Crippen molar-refractivity contribution in [1.29, 1.82) is 0 Å². The molecule has 0 spiro atoms. The van der Waals surface area contributed by atoms with E-state index in [0.29, 0.717) is 0 Å². The van der Waals surface area contributed by atoms with E-state index in [9.17, 15) is 9.90 Å². The van der Waals surface area contributed by atoms with Gasteiger partial charge < -0.3 is 24.5 Å². The molecule has 182 valence electrons. The number of phenolic OH excluding ortho intramolecular Hbond substituents is 1. The Kier molecular flexibility index (Phi) is 7.48. The monoisotopic (exact) mass is 465 g/mol. The van der Waals surface area contributed by atoms with Gasteiger partial charge in [0.1, 0.15) is 12.4 Å². The van der Waals surface area contributed by atoms with Gasteiger partial charge in [-0.25, -0.2) is 4.79 Å². The maximum Gasteiger partial charge on any atom is 0.492 e. The molecule has 0 aromatic heterocycles. The van der Waals surface area contributed by atoms with Crippen LogP contribution in [0, 0.1) is 0 Å². The molecule has 34 heavy (non-hydrogen) atoms. The van der Waals surface area contributed by atoms with Crippen LogP contribution in [-0.4, -0.2) is 36.1 Å². The van der Waals surface area contributed by atoms with Gasteiger partial charge >= 0.3 is 13.2 Å². The number of aromatic hydroxyl groups is 1. The number of carbonyl (C=O) groups excluding carboxylic acids is 1. The Hall–Kier alpha value is -2.77. The zero-order chi connectivity index (χ0) is 25.1. The molecule has 1 amide bonds. The number of ether oxygens (including phenoxy) is 1. The molecule has 0 atom stereocenters. The summed E-state index contributed by atoms with van der Waals surface area (Å²) in [4.78, 5) is 12.4. The summed E-state index contributed by atoms with van der Waals surface area (Å²) in [6.45, 7) is 14.5. The summed E-state index contributed by atoms with van der Waals surface area (Å²) in [6, 6.07) is 15.0. The molecule has 1 aliphatic heterocycles. The lowest BCUT2D eigenvalue weighted by Gasteiger charge is -2.32. The largest absolute Gasteiger partial charge is 0.508 e.